The smallest absolute Gasteiger partial charge is 0.164 e. The first-order valence-electron chi connectivity index (χ1n) is 18.7. The summed E-state index contributed by atoms with van der Waals surface area (Å²) in [6.45, 7) is 0. The number of fused-ring (bicyclic) bond motifs is 3. The standard InChI is InChI=1S/C51H33N5/c1-5-14-36(15-6-1)45-31-29-38-28-30-43-44(33-46(37-16-7-2-8-17-37)53-48(43)47(38)52-45)35-26-24-34(25-27-35)41-22-13-23-42(32-41)51-55-49(39-18-9-3-10-19-39)54-50(56-51)40-20-11-4-12-21-40/h1-33H. The fraction of sp³-hybridized carbons (Fsp3) is 0. The molecule has 10 rings (SSSR count). The van der Waals surface area contributed by atoms with Crippen molar-refractivity contribution in [3.63, 3.8) is 0 Å². The topological polar surface area (TPSA) is 64.5 Å². The van der Waals surface area contributed by atoms with Gasteiger partial charge >= 0.3 is 0 Å². The van der Waals surface area contributed by atoms with Crippen LogP contribution in [0.5, 0.6) is 0 Å². The molecule has 10 aromatic rings. The molecule has 0 radical (unpaired) electrons. The zero-order chi connectivity index (χ0) is 37.3. The van der Waals surface area contributed by atoms with Gasteiger partial charge in [-0.15, -0.1) is 0 Å². The van der Waals surface area contributed by atoms with E-state index < -0.39 is 0 Å². The lowest BCUT2D eigenvalue weighted by Gasteiger charge is -2.14. The largest absolute Gasteiger partial charge is 0.245 e. The first kappa shape index (κ1) is 33.0. The molecule has 0 N–H and O–H groups in total. The monoisotopic (exact) mass is 715 g/mol. The van der Waals surface area contributed by atoms with Crippen molar-refractivity contribution in [3.05, 3.63) is 200 Å². The van der Waals surface area contributed by atoms with Gasteiger partial charge in [0.1, 0.15) is 0 Å². The van der Waals surface area contributed by atoms with Gasteiger partial charge in [0.05, 0.1) is 22.4 Å². The maximum Gasteiger partial charge on any atom is 0.164 e. The predicted molar refractivity (Wildman–Crippen MR) is 228 cm³/mol. The molecule has 3 heterocycles. The van der Waals surface area contributed by atoms with E-state index in [9.17, 15) is 0 Å². The lowest BCUT2D eigenvalue weighted by Crippen LogP contribution is -2.00. The van der Waals surface area contributed by atoms with E-state index in [1.165, 1.54) is 0 Å². The molecular weight excluding hydrogens is 683 g/mol. The molecule has 262 valence electrons. The molecule has 5 heteroatoms. The van der Waals surface area contributed by atoms with Crippen LogP contribution in [0.2, 0.25) is 0 Å². The quantitative estimate of drug-likeness (QED) is 0.154. The van der Waals surface area contributed by atoms with Crippen molar-refractivity contribution in [1.29, 1.82) is 0 Å². The van der Waals surface area contributed by atoms with Gasteiger partial charge in [-0.05, 0) is 40.5 Å². The molecule has 3 aromatic heterocycles. The third kappa shape index (κ3) is 6.37. The maximum absolute atomic E-state index is 5.27. The van der Waals surface area contributed by atoms with Crippen LogP contribution in [0.15, 0.2) is 200 Å². The number of rotatable bonds is 7. The van der Waals surface area contributed by atoms with E-state index in [1.807, 2.05) is 84.9 Å². The molecule has 7 aromatic carbocycles. The highest BCUT2D eigenvalue weighted by Crippen LogP contribution is 2.37. The zero-order valence-electron chi connectivity index (χ0n) is 30.3. The van der Waals surface area contributed by atoms with E-state index >= 15 is 0 Å². The van der Waals surface area contributed by atoms with Gasteiger partial charge in [0, 0.05) is 38.6 Å². The van der Waals surface area contributed by atoms with Gasteiger partial charge in [-0.3, -0.25) is 0 Å². The van der Waals surface area contributed by atoms with Gasteiger partial charge in [-0.25, -0.2) is 24.9 Å². The highest BCUT2D eigenvalue weighted by atomic mass is 15.0. The van der Waals surface area contributed by atoms with E-state index in [2.05, 4.69) is 115 Å². The summed E-state index contributed by atoms with van der Waals surface area (Å²) in [6, 6.07) is 68.8. The van der Waals surface area contributed by atoms with Gasteiger partial charge < -0.3 is 0 Å². The SMILES string of the molecule is c1ccc(-c2ccc3ccc4c(-c5ccc(-c6cccc(-c7nc(-c8ccccc8)nc(-c8ccccc8)n7)c6)cc5)cc(-c5ccccc5)nc4c3n2)cc1. The summed E-state index contributed by atoms with van der Waals surface area (Å²) in [5, 5.41) is 2.11. The number of pyridine rings is 2. The molecule has 0 aliphatic carbocycles. The van der Waals surface area contributed by atoms with Crippen LogP contribution in [-0.4, -0.2) is 24.9 Å². The fourth-order valence-corrected chi connectivity index (χ4v) is 7.25. The van der Waals surface area contributed by atoms with Crippen molar-refractivity contribution in [1.82, 2.24) is 24.9 Å². The molecule has 0 aliphatic rings. The van der Waals surface area contributed by atoms with Gasteiger partial charge in [0.2, 0.25) is 0 Å². The molecule has 0 fully saturated rings. The molecule has 56 heavy (non-hydrogen) atoms. The summed E-state index contributed by atoms with van der Waals surface area (Å²) in [6.07, 6.45) is 0. The Bertz CT molecular complexity index is 2930. The zero-order valence-corrected chi connectivity index (χ0v) is 30.3. The van der Waals surface area contributed by atoms with Gasteiger partial charge in [-0.1, -0.05) is 182 Å². The number of benzene rings is 7. The second-order valence-corrected chi connectivity index (χ2v) is 13.7. The molecule has 0 saturated carbocycles. The molecule has 0 saturated heterocycles. The van der Waals surface area contributed by atoms with E-state index in [0.29, 0.717) is 17.5 Å². The van der Waals surface area contributed by atoms with E-state index in [0.717, 1.165) is 83.3 Å². The minimum Gasteiger partial charge on any atom is -0.245 e. The summed E-state index contributed by atoms with van der Waals surface area (Å²) in [5.41, 5.74) is 12.9. The molecule has 0 aliphatic heterocycles. The van der Waals surface area contributed by atoms with Crippen molar-refractivity contribution in [2.24, 2.45) is 0 Å². The Morgan fingerprint density at radius 1 is 0.250 bits per heavy atom. The first-order chi connectivity index (χ1) is 27.7. The van der Waals surface area contributed by atoms with Crippen LogP contribution in [0.3, 0.4) is 0 Å². The normalized spacial score (nSPS) is 11.2. The second kappa shape index (κ2) is 14.3. The Morgan fingerprint density at radius 3 is 1.32 bits per heavy atom. The molecular formula is C51H33N5. The highest BCUT2D eigenvalue weighted by Gasteiger charge is 2.16. The van der Waals surface area contributed by atoms with E-state index in [1.54, 1.807) is 0 Å². The molecule has 0 atom stereocenters. The van der Waals surface area contributed by atoms with Crippen LogP contribution in [0.1, 0.15) is 0 Å². The Hall–Kier alpha value is -7.63. The van der Waals surface area contributed by atoms with Crippen molar-refractivity contribution >= 4 is 21.8 Å². The average molecular weight is 716 g/mol. The van der Waals surface area contributed by atoms with Crippen molar-refractivity contribution in [2.75, 3.05) is 0 Å². The average Bonchev–Trinajstić information content (AvgIpc) is 3.29. The summed E-state index contributed by atoms with van der Waals surface area (Å²) in [4.78, 5) is 25.3. The summed E-state index contributed by atoms with van der Waals surface area (Å²) in [7, 11) is 0. The number of aromatic nitrogens is 5. The summed E-state index contributed by atoms with van der Waals surface area (Å²) >= 11 is 0. The third-order valence-corrected chi connectivity index (χ3v) is 10.1. The Morgan fingerprint density at radius 2 is 0.714 bits per heavy atom. The van der Waals surface area contributed by atoms with Crippen LogP contribution in [0, 0.1) is 0 Å². The van der Waals surface area contributed by atoms with E-state index in [-0.39, 0.29) is 0 Å². The van der Waals surface area contributed by atoms with Gasteiger partial charge in [-0.2, -0.15) is 0 Å². The molecule has 0 bridgehead atoms. The minimum absolute atomic E-state index is 0.629. The van der Waals surface area contributed by atoms with E-state index in [4.69, 9.17) is 24.9 Å². The molecule has 0 unspecified atom stereocenters. The highest BCUT2D eigenvalue weighted by molar-refractivity contribution is 6.09. The third-order valence-electron chi connectivity index (χ3n) is 10.1. The summed E-state index contributed by atoms with van der Waals surface area (Å²) in [5.74, 6) is 1.91. The van der Waals surface area contributed by atoms with Gasteiger partial charge in [0.25, 0.3) is 0 Å². The Kier molecular flexibility index (Phi) is 8.43. The second-order valence-electron chi connectivity index (χ2n) is 13.7. The Balaban J connectivity index is 1.06. The predicted octanol–water partition coefficient (Wildman–Crippen LogP) is 12.6. The van der Waals surface area contributed by atoms with Crippen LogP contribution >= 0.6 is 0 Å². The molecule has 0 amide bonds. The van der Waals surface area contributed by atoms with Crippen LogP contribution < -0.4 is 0 Å². The fourth-order valence-electron chi connectivity index (χ4n) is 7.25. The van der Waals surface area contributed by atoms with Gasteiger partial charge in [0.15, 0.2) is 17.5 Å². The Labute approximate surface area is 324 Å². The van der Waals surface area contributed by atoms with Crippen molar-refractivity contribution in [3.8, 4) is 78.9 Å². The minimum atomic E-state index is 0.629. The van der Waals surface area contributed by atoms with Crippen molar-refractivity contribution in [2.45, 2.75) is 0 Å². The lowest BCUT2D eigenvalue weighted by atomic mass is 9.95. The molecule has 5 nitrogen and oxygen atoms in total. The number of nitrogens with zero attached hydrogens (tertiary/aromatic N) is 5. The van der Waals surface area contributed by atoms with Crippen LogP contribution in [-0.2, 0) is 0 Å². The summed E-state index contributed by atoms with van der Waals surface area (Å²) < 4.78 is 0. The number of hydrogen-bond donors (Lipinski definition) is 0. The lowest BCUT2D eigenvalue weighted by molar-refractivity contribution is 1.07. The molecule has 0 spiro atoms. The first-order valence-corrected chi connectivity index (χ1v) is 18.7. The number of hydrogen-bond acceptors (Lipinski definition) is 5. The van der Waals surface area contributed by atoms with Crippen LogP contribution in [0.4, 0.5) is 0 Å². The maximum atomic E-state index is 5.27. The van der Waals surface area contributed by atoms with Crippen LogP contribution in [0.25, 0.3) is 101 Å². The van der Waals surface area contributed by atoms with Crippen molar-refractivity contribution < 1.29 is 0 Å².